The Kier molecular flexibility index (Phi) is 6.16. The van der Waals surface area contributed by atoms with Crippen LogP contribution in [-0.2, 0) is 9.47 Å². The molecule has 1 saturated heterocycles. The molecule has 2 heterocycles. The topological polar surface area (TPSA) is 83.8 Å². The Hall–Kier alpha value is -3.36. The van der Waals surface area contributed by atoms with Crippen molar-refractivity contribution in [2.24, 2.45) is 0 Å². The highest BCUT2D eigenvalue weighted by Crippen LogP contribution is 2.33. The van der Waals surface area contributed by atoms with Crippen LogP contribution in [0.5, 0.6) is 11.5 Å². The number of amides is 1. The highest BCUT2D eigenvalue weighted by molar-refractivity contribution is 5.93. The number of nitrogens with zero attached hydrogens (tertiary/aromatic N) is 2. The van der Waals surface area contributed by atoms with E-state index in [1.165, 1.54) is 0 Å². The summed E-state index contributed by atoms with van der Waals surface area (Å²) in [6.45, 7) is 4.52. The number of nitrogens with one attached hydrogen (secondary N) is 1. The minimum atomic E-state index is -0.623. The molecule has 0 spiro atoms. The molecule has 1 fully saturated rings. The van der Waals surface area contributed by atoms with E-state index in [1.54, 1.807) is 31.3 Å². The Morgan fingerprint density at radius 2 is 1.94 bits per heavy atom. The molecule has 168 valence electrons. The molecule has 2 aromatic carbocycles. The third-order valence-electron chi connectivity index (χ3n) is 5.27. The van der Waals surface area contributed by atoms with Crippen LogP contribution in [0.15, 0.2) is 55.0 Å². The van der Waals surface area contributed by atoms with Gasteiger partial charge in [-0.3, -0.25) is 9.36 Å². The summed E-state index contributed by atoms with van der Waals surface area (Å²) in [6, 6.07) is 13.6. The van der Waals surface area contributed by atoms with Crippen molar-refractivity contribution in [1.29, 1.82) is 0 Å². The number of aromatic nitrogens is 2. The van der Waals surface area contributed by atoms with Crippen molar-refractivity contribution in [3.63, 3.8) is 0 Å². The lowest BCUT2D eigenvalue weighted by atomic mass is 10.0. The fourth-order valence-electron chi connectivity index (χ4n) is 3.68. The summed E-state index contributed by atoms with van der Waals surface area (Å²) >= 11 is 0. The molecule has 0 bridgehead atoms. The molecule has 4 rings (SSSR count). The predicted molar refractivity (Wildman–Crippen MR) is 119 cm³/mol. The van der Waals surface area contributed by atoms with Crippen LogP contribution in [0.2, 0.25) is 0 Å². The molecule has 1 N–H and O–H groups in total. The van der Waals surface area contributed by atoms with Crippen molar-refractivity contribution >= 4 is 5.91 Å². The first-order valence-electron chi connectivity index (χ1n) is 10.4. The molecule has 0 saturated carbocycles. The number of hydrogen-bond acceptors (Lipinski definition) is 6. The van der Waals surface area contributed by atoms with Crippen LogP contribution in [0, 0.1) is 0 Å². The molecule has 0 radical (unpaired) electrons. The molecular formula is C24H27N3O5. The van der Waals surface area contributed by atoms with E-state index >= 15 is 0 Å². The van der Waals surface area contributed by atoms with Gasteiger partial charge in [-0.25, -0.2) is 4.98 Å². The summed E-state index contributed by atoms with van der Waals surface area (Å²) in [6.07, 6.45) is 2.99. The lowest BCUT2D eigenvalue weighted by Crippen LogP contribution is -2.35. The molecule has 1 amide bonds. The monoisotopic (exact) mass is 437 g/mol. The van der Waals surface area contributed by atoms with Crippen LogP contribution in [-0.4, -0.2) is 54.7 Å². The molecule has 1 aliphatic heterocycles. The van der Waals surface area contributed by atoms with Crippen molar-refractivity contribution < 1.29 is 23.7 Å². The highest BCUT2D eigenvalue weighted by Gasteiger charge is 2.32. The Bertz CT molecular complexity index is 1110. The van der Waals surface area contributed by atoms with Gasteiger partial charge in [0.15, 0.2) is 17.3 Å². The quantitative estimate of drug-likeness (QED) is 0.610. The zero-order valence-corrected chi connectivity index (χ0v) is 18.6. The summed E-state index contributed by atoms with van der Waals surface area (Å²) in [4.78, 5) is 17.0. The lowest BCUT2D eigenvalue weighted by Gasteiger charge is -2.17. The molecule has 1 aliphatic rings. The average Bonchev–Trinajstić information content (AvgIpc) is 3.43. The maximum Gasteiger partial charge on any atom is 0.270 e. The van der Waals surface area contributed by atoms with E-state index in [-0.39, 0.29) is 12.0 Å². The molecule has 0 aliphatic carbocycles. The Morgan fingerprint density at radius 1 is 1.16 bits per heavy atom. The summed E-state index contributed by atoms with van der Waals surface area (Å²) in [7, 11) is 3.22. The van der Waals surface area contributed by atoms with E-state index in [9.17, 15) is 4.79 Å². The van der Waals surface area contributed by atoms with Gasteiger partial charge in [-0.2, -0.15) is 0 Å². The maximum atomic E-state index is 12.8. The van der Waals surface area contributed by atoms with E-state index in [1.807, 2.05) is 56.3 Å². The van der Waals surface area contributed by atoms with Gasteiger partial charge in [0, 0.05) is 12.2 Å². The van der Waals surface area contributed by atoms with Crippen LogP contribution < -0.4 is 14.8 Å². The van der Waals surface area contributed by atoms with Crippen molar-refractivity contribution in [3.05, 3.63) is 60.7 Å². The lowest BCUT2D eigenvalue weighted by molar-refractivity contribution is -0.137. The molecule has 32 heavy (non-hydrogen) atoms. The van der Waals surface area contributed by atoms with Crippen LogP contribution in [0.1, 0.15) is 24.3 Å². The van der Waals surface area contributed by atoms with E-state index in [0.29, 0.717) is 30.3 Å². The second-order valence-electron chi connectivity index (χ2n) is 7.93. The number of hydrogen-bond donors (Lipinski definition) is 1. The smallest absolute Gasteiger partial charge is 0.270 e. The predicted octanol–water partition coefficient (Wildman–Crippen LogP) is 3.44. The molecular weight excluding hydrogens is 410 g/mol. The molecule has 1 atom stereocenters. The Morgan fingerprint density at radius 3 is 2.66 bits per heavy atom. The van der Waals surface area contributed by atoms with Crippen LogP contribution in [0.4, 0.5) is 0 Å². The Balaban J connectivity index is 1.53. The summed E-state index contributed by atoms with van der Waals surface area (Å²) in [5.41, 5.74) is 3.20. The van der Waals surface area contributed by atoms with Gasteiger partial charge in [-0.1, -0.05) is 18.2 Å². The van der Waals surface area contributed by atoms with E-state index in [4.69, 9.17) is 18.9 Å². The number of benzene rings is 2. The van der Waals surface area contributed by atoms with Crippen molar-refractivity contribution in [2.75, 3.05) is 27.4 Å². The van der Waals surface area contributed by atoms with E-state index in [0.717, 1.165) is 16.8 Å². The first-order valence-corrected chi connectivity index (χ1v) is 10.4. The zero-order valence-electron chi connectivity index (χ0n) is 18.6. The number of carbonyl (C=O) groups is 1. The minimum absolute atomic E-state index is 0.182. The second-order valence-corrected chi connectivity index (χ2v) is 7.93. The first kappa shape index (κ1) is 21.9. The number of carbonyl (C=O) groups excluding carboxylic acids is 1. The summed E-state index contributed by atoms with van der Waals surface area (Å²) < 4.78 is 23.8. The third-order valence-corrected chi connectivity index (χ3v) is 5.27. The summed E-state index contributed by atoms with van der Waals surface area (Å²) in [5, 5.41) is 2.91. The minimum Gasteiger partial charge on any atom is -0.493 e. The van der Waals surface area contributed by atoms with Crippen molar-refractivity contribution in [2.45, 2.75) is 25.7 Å². The maximum absolute atomic E-state index is 12.8. The van der Waals surface area contributed by atoms with Crippen molar-refractivity contribution in [1.82, 2.24) is 14.9 Å². The average molecular weight is 437 g/mol. The van der Waals surface area contributed by atoms with Crippen molar-refractivity contribution in [3.8, 4) is 28.3 Å². The molecule has 3 aromatic rings. The highest BCUT2D eigenvalue weighted by atomic mass is 16.7. The summed E-state index contributed by atoms with van der Waals surface area (Å²) in [5.74, 6) is 0.467. The van der Waals surface area contributed by atoms with Gasteiger partial charge in [0.05, 0.1) is 33.4 Å². The molecule has 0 unspecified atom stereocenters. The fourth-order valence-corrected chi connectivity index (χ4v) is 3.68. The fraction of sp³-hybridized carbons (Fsp3) is 0.333. The molecule has 8 heteroatoms. The van der Waals surface area contributed by atoms with Gasteiger partial charge in [0.1, 0.15) is 11.8 Å². The van der Waals surface area contributed by atoms with Crippen LogP contribution >= 0.6 is 0 Å². The molecule has 1 aromatic heterocycles. The van der Waals surface area contributed by atoms with Gasteiger partial charge in [-0.05, 0) is 49.2 Å². The number of rotatable bonds is 7. The number of methoxy groups -OCH3 is 2. The SMILES string of the molecule is COc1ccc(-c2cccc(-n3cncc3C(=O)NC[C@@H]3COC(C)(C)O3)c2)cc1OC. The van der Waals surface area contributed by atoms with E-state index < -0.39 is 5.79 Å². The number of imidazole rings is 1. The standard InChI is InChI=1S/C24H27N3O5/c1-24(2)31-14-19(32-24)12-26-23(28)20-13-25-15-27(20)18-7-5-6-16(10-18)17-8-9-21(29-3)22(11-17)30-4/h5-11,13,15,19H,12,14H2,1-4H3,(H,26,28)/t19-/m1/s1. The zero-order chi connectivity index (χ0) is 22.7. The van der Waals surface area contributed by atoms with Gasteiger partial charge < -0.3 is 24.3 Å². The third kappa shape index (κ3) is 4.61. The van der Waals surface area contributed by atoms with Gasteiger partial charge in [0.2, 0.25) is 0 Å². The van der Waals surface area contributed by atoms with Gasteiger partial charge in [-0.15, -0.1) is 0 Å². The first-order chi connectivity index (χ1) is 15.4. The van der Waals surface area contributed by atoms with Gasteiger partial charge in [0.25, 0.3) is 5.91 Å². The van der Waals surface area contributed by atoms with Crippen LogP contribution in [0.25, 0.3) is 16.8 Å². The van der Waals surface area contributed by atoms with E-state index in [2.05, 4.69) is 10.3 Å². The Labute approximate surface area is 187 Å². The number of ether oxygens (including phenoxy) is 4. The largest absolute Gasteiger partial charge is 0.493 e. The van der Waals surface area contributed by atoms with Gasteiger partial charge >= 0.3 is 0 Å². The van der Waals surface area contributed by atoms with Crippen LogP contribution in [0.3, 0.4) is 0 Å². The second kappa shape index (κ2) is 9.02. The normalized spacial score (nSPS) is 17.2. The molecule has 8 nitrogen and oxygen atoms in total.